The van der Waals surface area contributed by atoms with E-state index in [9.17, 15) is 4.79 Å². The first-order chi connectivity index (χ1) is 9.15. The van der Waals surface area contributed by atoms with E-state index in [2.05, 4.69) is 15.5 Å². The lowest BCUT2D eigenvalue weighted by atomic mass is 10.2. The maximum Gasteiger partial charge on any atom is 0.249 e. The molecule has 0 saturated carbocycles. The molecule has 1 aromatic carbocycles. The van der Waals surface area contributed by atoms with Crippen molar-refractivity contribution in [1.29, 1.82) is 0 Å². The predicted molar refractivity (Wildman–Crippen MR) is 77.0 cm³/mol. The minimum absolute atomic E-state index is 0.194. The molecule has 0 aliphatic rings. The molecule has 0 radical (unpaired) electrons. The van der Waals surface area contributed by atoms with Gasteiger partial charge in [0.05, 0.1) is 6.20 Å². The molecule has 0 fully saturated rings. The van der Waals surface area contributed by atoms with Crippen LogP contribution in [0, 0.1) is 0 Å². The van der Waals surface area contributed by atoms with Crippen molar-refractivity contribution >= 4 is 23.5 Å². The highest BCUT2D eigenvalue weighted by molar-refractivity contribution is 6.01. The average Bonchev–Trinajstić information content (AvgIpc) is 2.89. The summed E-state index contributed by atoms with van der Waals surface area (Å²) in [6.07, 6.45) is 4.84. The molecule has 2 rings (SSSR count). The van der Waals surface area contributed by atoms with E-state index < -0.39 is 0 Å². The topological polar surface area (TPSA) is 61.0 Å². The Labute approximate surface area is 111 Å². The Kier molecular flexibility index (Phi) is 3.97. The molecule has 0 spiro atoms. The number of amides is 1. The molecule has 0 bridgehead atoms. The van der Waals surface area contributed by atoms with Gasteiger partial charge in [-0.3, -0.25) is 9.89 Å². The number of aromatic amines is 1. The minimum Gasteiger partial charge on any atom is -0.378 e. The first-order valence-corrected chi connectivity index (χ1v) is 5.91. The Hall–Kier alpha value is -2.56. The summed E-state index contributed by atoms with van der Waals surface area (Å²) in [5.74, 6) is 0.388. The summed E-state index contributed by atoms with van der Waals surface area (Å²) < 4.78 is 0. The quantitative estimate of drug-likeness (QED) is 0.824. The van der Waals surface area contributed by atoms with Crippen molar-refractivity contribution in [2.75, 3.05) is 24.3 Å². The molecule has 0 saturated heterocycles. The lowest BCUT2D eigenvalue weighted by molar-refractivity contribution is -0.111. The predicted octanol–water partition coefficient (Wildman–Crippen LogP) is 2.13. The highest BCUT2D eigenvalue weighted by Gasteiger charge is 1.98. The molecule has 0 unspecified atom stereocenters. The van der Waals surface area contributed by atoms with Gasteiger partial charge in [0, 0.05) is 31.9 Å². The second kappa shape index (κ2) is 5.86. The number of hydrogen-bond acceptors (Lipinski definition) is 3. The zero-order valence-corrected chi connectivity index (χ0v) is 10.9. The highest BCUT2D eigenvalue weighted by atomic mass is 16.1. The standard InChI is InChI=1S/C14H16N4O/c1-18(2)12-6-3-11(4-7-12)5-8-14(19)16-13-9-10-15-17-13/h3-10H,1-2H3,(H2,15,16,17,19)/b8-5+. The lowest BCUT2D eigenvalue weighted by Gasteiger charge is -2.11. The number of nitrogens with one attached hydrogen (secondary N) is 2. The number of carbonyl (C=O) groups excluding carboxylic acids is 1. The fourth-order valence-corrected chi connectivity index (χ4v) is 1.56. The van der Waals surface area contributed by atoms with E-state index in [-0.39, 0.29) is 5.91 Å². The van der Waals surface area contributed by atoms with Gasteiger partial charge >= 0.3 is 0 Å². The summed E-state index contributed by atoms with van der Waals surface area (Å²) in [5.41, 5.74) is 2.10. The molecule has 98 valence electrons. The van der Waals surface area contributed by atoms with Crippen LogP contribution in [0.25, 0.3) is 6.08 Å². The Morgan fingerprint density at radius 3 is 2.58 bits per heavy atom. The fraction of sp³-hybridized carbons (Fsp3) is 0.143. The smallest absolute Gasteiger partial charge is 0.249 e. The van der Waals surface area contributed by atoms with Crippen LogP contribution in [-0.2, 0) is 4.79 Å². The summed E-state index contributed by atoms with van der Waals surface area (Å²) in [6.45, 7) is 0. The third kappa shape index (κ3) is 3.70. The largest absolute Gasteiger partial charge is 0.378 e. The highest BCUT2D eigenvalue weighted by Crippen LogP contribution is 2.13. The van der Waals surface area contributed by atoms with E-state index in [0.29, 0.717) is 5.82 Å². The van der Waals surface area contributed by atoms with E-state index in [1.165, 1.54) is 6.08 Å². The second-order valence-electron chi connectivity index (χ2n) is 4.28. The molecule has 1 aromatic heterocycles. The molecule has 0 aliphatic heterocycles. The maximum atomic E-state index is 11.6. The van der Waals surface area contributed by atoms with Gasteiger partial charge < -0.3 is 10.2 Å². The van der Waals surface area contributed by atoms with Crippen molar-refractivity contribution in [3.63, 3.8) is 0 Å². The molecule has 0 atom stereocenters. The Balaban J connectivity index is 1.96. The Bertz CT molecular complexity index is 556. The first-order valence-electron chi connectivity index (χ1n) is 5.91. The van der Waals surface area contributed by atoms with Crippen LogP contribution in [0.1, 0.15) is 5.56 Å². The van der Waals surface area contributed by atoms with Gasteiger partial charge in [-0.05, 0) is 23.8 Å². The number of nitrogens with zero attached hydrogens (tertiary/aromatic N) is 2. The Morgan fingerprint density at radius 1 is 1.26 bits per heavy atom. The zero-order chi connectivity index (χ0) is 13.7. The van der Waals surface area contributed by atoms with Crippen LogP contribution in [-0.4, -0.2) is 30.2 Å². The fourth-order valence-electron chi connectivity index (χ4n) is 1.56. The van der Waals surface area contributed by atoms with Gasteiger partial charge in [-0.1, -0.05) is 12.1 Å². The summed E-state index contributed by atoms with van der Waals surface area (Å²) >= 11 is 0. The number of carbonyl (C=O) groups is 1. The van der Waals surface area contributed by atoms with Crippen LogP contribution >= 0.6 is 0 Å². The van der Waals surface area contributed by atoms with Crippen molar-refractivity contribution in [2.24, 2.45) is 0 Å². The van der Waals surface area contributed by atoms with E-state index in [1.807, 2.05) is 43.3 Å². The van der Waals surface area contributed by atoms with E-state index >= 15 is 0 Å². The SMILES string of the molecule is CN(C)c1ccc(/C=C/C(=O)Nc2ccn[nH]2)cc1. The third-order valence-electron chi connectivity index (χ3n) is 2.60. The van der Waals surface area contributed by atoms with Crippen LogP contribution in [0.2, 0.25) is 0 Å². The first kappa shape index (κ1) is 12.9. The van der Waals surface area contributed by atoms with Crippen molar-refractivity contribution < 1.29 is 4.79 Å². The van der Waals surface area contributed by atoms with Gasteiger partial charge in [-0.15, -0.1) is 0 Å². The summed E-state index contributed by atoms with van der Waals surface area (Å²) in [5, 5.41) is 9.09. The van der Waals surface area contributed by atoms with E-state index in [0.717, 1.165) is 11.3 Å². The van der Waals surface area contributed by atoms with Gasteiger partial charge in [0.25, 0.3) is 0 Å². The summed E-state index contributed by atoms with van der Waals surface area (Å²) in [4.78, 5) is 13.6. The van der Waals surface area contributed by atoms with Crippen molar-refractivity contribution in [1.82, 2.24) is 10.2 Å². The van der Waals surface area contributed by atoms with Gasteiger partial charge in [-0.25, -0.2) is 0 Å². The number of anilines is 2. The maximum absolute atomic E-state index is 11.6. The molecule has 2 N–H and O–H groups in total. The molecule has 19 heavy (non-hydrogen) atoms. The normalized spacial score (nSPS) is 10.6. The van der Waals surface area contributed by atoms with Gasteiger partial charge in [0.2, 0.25) is 5.91 Å². The van der Waals surface area contributed by atoms with Gasteiger partial charge in [-0.2, -0.15) is 5.10 Å². The molecular weight excluding hydrogens is 240 g/mol. The second-order valence-corrected chi connectivity index (χ2v) is 4.28. The molecule has 0 aliphatic carbocycles. The van der Waals surface area contributed by atoms with Crippen LogP contribution in [0.15, 0.2) is 42.6 Å². The molecule has 5 nitrogen and oxygen atoms in total. The van der Waals surface area contributed by atoms with Crippen LogP contribution < -0.4 is 10.2 Å². The lowest BCUT2D eigenvalue weighted by Crippen LogP contribution is -2.08. The Morgan fingerprint density at radius 2 is 2.00 bits per heavy atom. The molecule has 1 amide bonds. The summed E-state index contributed by atoms with van der Waals surface area (Å²) in [7, 11) is 3.98. The number of aromatic nitrogens is 2. The monoisotopic (exact) mass is 256 g/mol. The van der Waals surface area contributed by atoms with Gasteiger partial charge in [0.15, 0.2) is 0 Å². The summed E-state index contributed by atoms with van der Waals surface area (Å²) in [6, 6.07) is 9.64. The minimum atomic E-state index is -0.194. The number of H-pyrrole nitrogens is 1. The molecule has 1 heterocycles. The number of benzene rings is 1. The van der Waals surface area contributed by atoms with E-state index in [4.69, 9.17) is 0 Å². The average molecular weight is 256 g/mol. The number of rotatable bonds is 4. The molecule has 5 heteroatoms. The third-order valence-corrected chi connectivity index (χ3v) is 2.60. The van der Waals surface area contributed by atoms with Crippen LogP contribution in [0.3, 0.4) is 0 Å². The van der Waals surface area contributed by atoms with Gasteiger partial charge in [0.1, 0.15) is 5.82 Å². The van der Waals surface area contributed by atoms with E-state index in [1.54, 1.807) is 18.3 Å². The molecular formula is C14H16N4O. The van der Waals surface area contributed by atoms with Crippen LogP contribution in [0.5, 0.6) is 0 Å². The number of hydrogen-bond donors (Lipinski definition) is 2. The van der Waals surface area contributed by atoms with Crippen molar-refractivity contribution in [2.45, 2.75) is 0 Å². The van der Waals surface area contributed by atoms with Crippen molar-refractivity contribution in [3.05, 3.63) is 48.2 Å². The van der Waals surface area contributed by atoms with Crippen LogP contribution in [0.4, 0.5) is 11.5 Å². The molecule has 2 aromatic rings. The zero-order valence-electron chi connectivity index (χ0n) is 10.9. The van der Waals surface area contributed by atoms with Crippen molar-refractivity contribution in [3.8, 4) is 0 Å².